The average Bonchev–Trinajstić information content (AvgIpc) is 2.61. The van der Waals surface area contributed by atoms with Crippen molar-refractivity contribution >= 4 is 48.0 Å². The fourth-order valence-electron chi connectivity index (χ4n) is 3.81. The fraction of sp³-hybridized carbons (Fsp3) is 0.611. The standard InChI is InChI=1S/C18H26ClN3O2.2ClH/c1-24-17-6-5-13(11-16(17)20)18(23)22-9-7-21(8-10-22)15-4-2-3-14(19)12-15;;/h2-4,12-13,16-17H,5-11,20H2,1H3;2*1H/t13-,16+,17+;;/m0../s1. The number of benzene rings is 1. The maximum Gasteiger partial charge on any atom is 0.225 e. The first-order valence-corrected chi connectivity index (χ1v) is 9.04. The number of hydrogen-bond acceptors (Lipinski definition) is 4. The second-order valence-corrected chi connectivity index (χ2v) is 7.18. The SMILES string of the molecule is CO[C@@H]1CC[C@H](C(=O)N2CCN(c3cccc(Cl)c3)CC2)C[C@H]1N.Cl.Cl. The van der Waals surface area contributed by atoms with Gasteiger partial charge in [-0.15, -0.1) is 24.8 Å². The molecular formula is C18H28Cl3N3O2. The summed E-state index contributed by atoms with van der Waals surface area (Å²) in [6, 6.07) is 7.85. The van der Waals surface area contributed by atoms with Gasteiger partial charge in [-0.05, 0) is 37.5 Å². The van der Waals surface area contributed by atoms with Gasteiger partial charge >= 0.3 is 0 Å². The van der Waals surface area contributed by atoms with Crippen LogP contribution in [0.25, 0.3) is 0 Å². The Morgan fingerprint density at radius 1 is 1.19 bits per heavy atom. The number of amides is 1. The Morgan fingerprint density at radius 2 is 1.88 bits per heavy atom. The van der Waals surface area contributed by atoms with Crippen molar-refractivity contribution in [2.75, 3.05) is 38.2 Å². The van der Waals surface area contributed by atoms with Gasteiger partial charge in [0.25, 0.3) is 0 Å². The number of nitrogens with two attached hydrogens (primary N) is 1. The molecule has 3 atom stereocenters. The minimum absolute atomic E-state index is 0. The highest BCUT2D eigenvalue weighted by molar-refractivity contribution is 6.30. The van der Waals surface area contributed by atoms with E-state index in [0.717, 1.165) is 56.2 Å². The molecule has 1 aromatic carbocycles. The largest absolute Gasteiger partial charge is 0.380 e. The van der Waals surface area contributed by atoms with E-state index in [-0.39, 0.29) is 48.8 Å². The van der Waals surface area contributed by atoms with Crippen molar-refractivity contribution in [3.63, 3.8) is 0 Å². The first-order valence-electron chi connectivity index (χ1n) is 8.66. The number of rotatable bonds is 3. The lowest BCUT2D eigenvalue weighted by Crippen LogP contribution is -2.52. The molecule has 0 spiro atoms. The Morgan fingerprint density at radius 3 is 2.46 bits per heavy atom. The molecule has 8 heteroatoms. The Hall–Kier alpha value is -0.720. The summed E-state index contributed by atoms with van der Waals surface area (Å²) in [5.41, 5.74) is 7.27. The molecule has 1 saturated carbocycles. The summed E-state index contributed by atoms with van der Waals surface area (Å²) in [4.78, 5) is 17.1. The normalized spacial score (nSPS) is 25.9. The molecule has 2 fully saturated rings. The molecule has 2 aliphatic rings. The molecule has 1 aliphatic heterocycles. The van der Waals surface area contributed by atoms with Crippen LogP contribution in [-0.4, -0.2) is 56.2 Å². The molecule has 1 saturated heterocycles. The summed E-state index contributed by atoms with van der Waals surface area (Å²) in [5.74, 6) is 0.301. The first-order chi connectivity index (χ1) is 11.6. The molecule has 1 amide bonds. The van der Waals surface area contributed by atoms with E-state index in [1.807, 2.05) is 23.1 Å². The van der Waals surface area contributed by atoms with E-state index in [4.69, 9.17) is 22.1 Å². The summed E-state index contributed by atoms with van der Waals surface area (Å²) >= 11 is 6.07. The molecular weight excluding hydrogens is 397 g/mol. The van der Waals surface area contributed by atoms with Crippen molar-refractivity contribution in [3.05, 3.63) is 29.3 Å². The minimum atomic E-state index is -0.0366. The smallest absolute Gasteiger partial charge is 0.225 e. The van der Waals surface area contributed by atoms with Crippen LogP contribution in [0.2, 0.25) is 5.02 Å². The van der Waals surface area contributed by atoms with Crippen molar-refractivity contribution in [3.8, 4) is 0 Å². The number of methoxy groups -OCH3 is 1. The number of ether oxygens (including phenoxy) is 1. The monoisotopic (exact) mass is 423 g/mol. The van der Waals surface area contributed by atoms with E-state index < -0.39 is 0 Å². The summed E-state index contributed by atoms with van der Waals surface area (Å²) in [6.07, 6.45) is 2.57. The number of nitrogens with zero attached hydrogens (tertiary/aromatic N) is 2. The quantitative estimate of drug-likeness (QED) is 0.810. The molecule has 1 heterocycles. The lowest BCUT2D eigenvalue weighted by Gasteiger charge is -2.39. The third kappa shape index (κ3) is 5.40. The third-order valence-corrected chi connectivity index (χ3v) is 5.49. The molecule has 0 unspecified atom stereocenters. The van der Waals surface area contributed by atoms with Crippen LogP contribution in [0, 0.1) is 5.92 Å². The summed E-state index contributed by atoms with van der Waals surface area (Å²) < 4.78 is 5.38. The van der Waals surface area contributed by atoms with Gasteiger partial charge in [-0.2, -0.15) is 0 Å². The number of hydrogen-bond donors (Lipinski definition) is 1. The van der Waals surface area contributed by atoms with Gasteiger partial charge in [-0.1, -0.05) is 17.7 Å². The third-order valence-electron chi connectivity index (χ3n) is 5.25. The summed E-state index contributed by atoms with van der Waals surface area (Å²) in [5, 5.41) is 0.745. The highest BCUT2D eigenvalue weighted by Gasteiger charge is 2.34. The fourth-order valence-corrected chi connectivity index (χ4v) is 4.00. The Kier molecular flexibility index (Phi) is 9.48. The molecule has 0 radical (unpaired) electrons. The molecule has 26 heavy (non-hydrogen) atoms. The van der Waals surface area contributed by atoms with Gasteiger partial charge in [-0.25, -0.2) is 0 Å². The number of piperazine rings is 1. The van der Waals surface area contributed by atoms with Crippen molar-refractivity contribution in [1.29, 1.82) is 0 Å². The van der Waals surface area contributed by atoms with Crippen molar-refractivity contribution in [1.82, 2.24) is 4.90 Å². The Labute approximate surface area is 173 Å². The van der Waals surface area contributed by atoms with E-state index in [2.05, 4.69) is 11.0 Å². The van der Waals surface area contributed by atoms with Gasteiger partial charge in [-0.3, -0.25) is 4.79 Å². The second-order valence-electron chi connectivity index (χ2n) is 6.74. The lowest BCUT2D eigenvalue weighted by atomic mass is 9.83. The molecule has 148 valence electrons. The van der Waals surface area contributed by atoms with Crippen molar-refractivity contribution < 1.29 is 9.53 Å². The van der Waals surface area contributed by atoms with Crippen LogP contribution < -0.4 is 10.6 Å². The number of carbonyl (C=O) groups excluding carboxylic acids is 1. The van der Waals surface area contributed by atoms with Crippen LogP contribution in [0.5, 0.6) is 0 Å². The maximum absolute atomic E-state index is 12.8. The highest BCUT2D eigenvalue weighted by atomic mass is 35.5. The van der Waals surface area contributed by atoms with Gasteiger partial charge in [0.15, 0.2) is 0 Å². The Bertz CT molecular complexity index is 583. The van der Waals surface area contributed by atoms with Crippen LogP contribution >= 0.6 is 36.4 Å². The van der Waals surface area contributed by atoms with Gasteiger partial charge in [0, 0.05) is 56.0 Å². The molecule has 0 aromatic heterocycles. The predicted octanol–water partition coefficient (Wildman–Crippen LogP) is 2.97. The zero-order valence-electron chi connectivity index (χ0n) is 15.0. The highest BCUT2D eigenvalue weighted by Crippen LogP contribution is 2.28. The topological polar surface area (TPSA) is 58.8 Å². The molecule has 1 aliphatic carbocycles. The summed E-state index contributed by atoms with van der Waals surface area (Å²) in [7, 11) is 1.70. The van der Waals surface area contributed by atoms with Crippen LogP contribution in [0.15, 0.2) is 24.3 Å². The van der Waals surface area contributed by atoms with E-state index in [0.29, 0.717) is 0 Å². The molecule has 5 nitrogen and oxygen atoms in total. The van der Waals surface area contributed by atoms with Gasteiger partial charge < -0.3 is 20.3 Å². The molecule has 0 bridgehead atoms. The van der Waals surface area contributed by atoms with E-state index in [9.17, 15) is 4.79 Å². The van der Waals surface area contributed by atoms with Gasteiger partial charge in [0.2, 0.25) is 5.91 Å². The van der Waals surface area contributed by atoms with Crippen LogP contribution in [0.4, 0.5) is 5.69 Å². The van der Waals surface area contributed by atoms with Crippen LogP contribution in [0.3, 0.4) is 0 Å². The summed E-state index contributed by atoms with van der Waals surface area (Å²) in [6.45, 7) is 3.19. The van der Waals surface area contributed by atoms with E-state index in [1.165, 1.54) is 0 Å². The zero-order valence-corrected chi connectivity index (χ0v) is 17.4. The van der Waals surface area contributed by atoms with E-state index >= 15 is 0 Å². The lowest BCUT2D eigenvalue weighted by molar-refractivity contribution is -0.138. The minimum Gasteiger partial charge on any atom is -0.380 e. The van der Waals surface area contributed by atoms with Crippen molar-refractivity contribution in [2.45, 2.75) is 31.4 Å². The van der Waals surface area contributed by atoms with Crippen molar-refractivity contribution in [2.24, 2.45) is 11.7 Å². The van der Waals surface area contributed by atoms with E-state index in [1.54, 1.807) is 7.11 Å². The number of carbonyl (C=O) groups is 1. The predicted molar refractivity (Wildman–Crippen MR) is 111 cm³/mol. The molecule has 1 aromatic rings. The second kappa shape index (κ2) is 10.6. The number of halogens is 3. The van der Waals surface area contributed by atoms with Gasteiger partial charge in [0.05, 0.1) is 6.10 Å². The van der Waals surface area contributed by atoms with Gasteiger partial charge in [0.1, 0.15) is 0 Å². The number of anilines is 1. The van der Waals surface area contributed by atoms with Crippen LogP contribution in [0.1, 0.15) is 19.3 Å². The average molecular weight is 425 g/mol. The van der Waals surface area contributed by atoms with Crippen LogP contribution in [-0.2, 0) is 9.53 Å². The molecule has 2 N–H and O–H groups in total. The maximum atomic E-state index is 12.8. The first kappa shape index (κ1) is 23.3. The zero-order chi connectivity index (χ0) is 17.1. The Balaban J connectivity index is 0.00000169. The molecule has 3 rings (SSSR count).